The first-order chi connectivity index (χ1) is 10.2. The lowest BCUT2D eigenvalue weighted by molar-refractivity contribution is -0.116. The van der Waals surface area contributed by atoms with Crippen molar-refractivity contribution >= 4 is 23.2 Å². The number of hydrogen-bond acceptors (Lipinski definition) is 2. The summed E-state index contributed by atoms with van der Waals surface area (Å²) in [5, 5.41) is 0. The third-order valence-corrected chi connectivity index (χ3v) is 3.53. The molecule has 0 atom stereocenters. The Morgan fingerprint density at radius 1 is 1.19 bits per heavy atom. The minimum atomic E-state index is -0.117. The minimum absolute atomic E-state index is 0.0434. The number of para-hydroxylation sites is 1. The highest BCUT2D eigenvalue weighted by Crippen LogP contribution is 2.23. The van der Waals surface area contributed by atoms with Crippen LogP contribution in [-0.2, 0) is 11.3 Å². The van der Waals surface area contributed by atoms with Crippen LogP contribution in [0.4, 0.5) is 5.69 Å². The fourth-order valence-electron chi connectivity index (χ4n) is 2.20. The highest BCUT2D eigenvalue weighted by molar-refractivity contribution is 6.29. The molecule has 21 heavy (non-hydrogen) atoms. The van der Waals surface area contributed by atoms with Crippen molar-refractivity contribution in [2.24, 2.45) is 0 Å². The van der Waals surface area contributed by atoms with Crippen molar-refractivity contribution in [1.29, 1.82) is 0 Å². The van der Waals surface area contributed by atoms with Gasteiger partial charge in [0.15, 0.2) is 0 Å². The molecule has 0 saturated heterocycles. The summed E-state index contributed by atoms with van der Waals surface area (Å²) < 4.78 is 5.22. The number of carbonyl (C=O) groups is 1. The summed E-state index contributed by atoms with van der Waals surface area (Å²) in [5.74, 6) is 0.613. The number of ether oxygens (including phenoxy) is 1. The zero-order valence-electron chi connectivity index (χ0n) is 12.2. The van der Waals surface area contributed by atoms with Crippen LogP contribution in [0.15, 0.2) is 48.5 Å². The second kappa shape index (κ2) is 7.14. The van der Waals surface area contributed by atoms with E-state index in [0.29, 0.717) is 6.54 Å². The number of hydrogen-bond donors (Lipinski definition) is 0. The highest BCUT2D eigenvalue weighted by atomic mass is 35.5. The Bertz CT molecular complexity index is 628. The molecule has 0 radical (unpaired) electrons. The average molecular weight is 304 g/mol. The van der Waals surface area contributed by atoms with E-state index < -0.39 is 0 Å². The third-order valence-electron chi connectivity index (χ3n) is 3.30. The summed E-state index contributed by atoms with van der Waals surface area (Å²) in [6, 6.07) is 15.5. The highest BCUT2D eigenvalue weighted by Gasteiger charge is 2.17. The largest absolute Gasteiger partial charge is 0.497 e. The van der Waals surface area contributed by atoms with Crippen molar-refractivity contribution in [3.63, 3.8) is 0 Å². The summed E-state index contributed by atoms with van der Waals surface area (Å²) in [7, 11) is 1.63. The molecule has 2 aromatic rings. The lowest BCUT2D eigenvalue weighted by atomic mass is 10.1. The van der Waals surface area contributed by atoms with E-state index in [4.69, 9.17) is 16.3 Å². The van der Waals surface area contributed by atoms with Gasteiger partial charge in [-0.2, -0.15) is 0 Å². The minimum Gasteiger partial charge on any atom is -0.497 e. The number of benzene rings is 2. The second-order valence-corrected chi connectivity index (χ2v) is 5.02. The van der Waals surface area contributed by atoms with Gasteiger partial charge in [0.2, 0.25) is 5.91 Å². The number of halogens is 1. The molecule has 4 heteroatoms. The Balaban J connectivity index is 2.33. The molecule has 0 aliphatic rings. The molecule has 0 spiro atoms. The van der Waals surface area contributed by atoms with E-state index in [1.807, 2.05) is 55.5 Å². The van der Waals surface area contributed by atoms with Gasteiger partial charge in [-0.3, -0.25) is 4.79 Å². The van der Waals surface area contributed by atoms with E-state index >= 15 is 0 Å². The van der Waals surface area contributed by atoms with Crippen LogP contribution in [-0.4, -0.2) is 18.9 Å². The molecule has 0 aromatic heterocycles. The van der Waals surface area contributed by atoms with Gasteiger partial charge in [0.25, 0.3) is 0 Å². The Morgan fingerprint density at radius 2 is 1.95 bits per heavy atom. The molecular weight excluding hydrogens is 286 g/mol. The zero-order valence-corrected chi connectivity index (χ0v) is 12.9. The molecule has 2 rings (SSSR count). The van der Waals surface area contributed by atoms with Crippen LogP contribution in [0.2, 0.25) is 0 Å². The van der Waals surface area contributed by atoms with Gasteiger partial charge >= 0.3 is 0 Å². The molecule has 3 nitrogen and oxygen atoms in total. The average Bonchev–Trinajstić information content (AvgIpc) is 2.53. The zero-order chi connectivity index (χ0) is 15.2. The number of alkyl halides is 1. The maximum atomic E-state index is 12.2. The van der Waals surface area contributed by atoms with Crippen molar-refractivity contribution in [2.75, 3.05) is 17.9 Å². The number of methoxy groups -OCH3 is 1. The van der Waals surface area contributed by atoms with Crippen LogP contribution in [0.1, 0.15) is 11.1 Å². The molecule has 0 N–H and O–H groups in total. The SMILES string of the molecule is COc1cccc(CN(C(=O)CCl)c2ccccc2C)c1. The van der Waals surface area contributed by atoms with Crippen molar-refractivity contribution in [3.05, 3.63) is 59.7 Å². The molecule has 0 saturated carbocycles. The van der Waals surface area contributed by atoms with E-state index in [0.717, 1.165) is 22.6 Å². The topological polar surface area (TPSA) is 29.5 Å². The van der Waals surface area contributed by atoms with Crippen LogP contribution in [0.5, 0.6) is 5.75 Å². The van der Waals surface area contributed by atoms with Crippen LogP contribution in [0.3, 0.4) is 0 Å². The molecule has 2 aromatic carbocycles. The molecule has 0 bridgehead atoms. The number of nitrogens with zero attached hydrogens (tertiary/aromatic N) is 1. The Labute approximate surface area is 130 Å². The van der Waals surface area contributed by atoms with Crippen molar-refractivity contribution in [2.45, 2.75) is 13.5 Å². The molecular formula is C17H18ClNO2. The number of anilines is 1. The summed E-state index contributed by atoms with van der Waals surface area (Å²) in [4.78, 5) is 13.9. The standard InChI is InChI=1S/C17H18ClNO2/c1-13-6-3-4-9-16(13)19(17(20)11-18)12-14-7-5-8-15(10-14)21-2/h3-10H,11-12H2,1-2H3. The van der Waals surface area contributed by atoms with E-state index in [1.54, 1.807) is 12.0 Å². The number of aryl methyl sites for hydroxylation is 1. The van der Waals surface area contributed by atoms with Gasteiger partial charge in [0.05, 0.1) is 13.7 Å². The van der Waals surface area contributed by atoms with Gasteiger partial charge in [0.1, 0.15) is 11.6 Å². The first kappa shape index (κ1) is 15.4. The maximum Gasteiger partial charge on any atom is 0.242 e. The fourth-order valence-corrected chi connectivity index (χ4v) is 2.34. The summed E-state index contributed by atoms with van der Waals surface area (Å²) in [6.07, 6.45) is 0. The van der Waals surface area contributed by atoms with Gasteiger partial charge in [-0.25, -0.2) is 0 Å². The lowest BCUT2D eigenvalue weighted by Crippen LogP contribution is -2.31. The molecule has 0 aliphatic carbocycles. The molecule has 1 amide bonds. The predicted molar refractivity (Wildman–Crippen MR) is 86.1 cm³/mol. The first-order valence-corrected chi connectivity index (χ1v) is 7.24. The van der Waals surface area contributed by atoms with Gasteiger partial charge < -0.3 is 9.64 Å². The van der Waals surface area contributed by atoms with Gasteiger partial charge in [-0.05, 0) is 36.2 Å². The van der Waals surface area contributed by atoms with Crippen LogP contribution >= 0.6 is 11.6 Å². The second-order valence-electron chi connectivity index (χ2n) is 4.75. The lowest BCUT2D eigenvalue weighted by Gasteiger charge is -2.24. The maximum absolute atomic E-state index is 12.2. The van der Waals surface area contributed by atoms with E-state index in [9.17, 15) is 4.79 Å². The van der Waals surface area contributed by atoms with Gasteiger partial charge in [-0.1, -0.05) is 30.3 Å². The van der Waals surface area contributed by atoms with Crippen LogP contribution in [0, 0.1) is 6.92 Å². The Kier molecular flexibility index (Phi) is 5.23. The van der Waals surface area contributed by atoms with Crippen LogP contribution < -0.4 is 9.64 Å². The summed E-state index contributed by atoms with van der Waals surface area (Å²) in [6.45, 7) is 2.45. The Morgan fingerprint density at radius 3 is 2.62 bits per heavy atom. The van der Waals surface area contributed by atoms with Crippen molar-refractivity contribution in [1.82, 2.24) is 0 Å². The molecule has 0 unspecified atom stereocenters. The smallest absolute Gasteiger partial charge is 0.242 e. The monoisotopic (exact) mass is 303 g/mol. The van der Waals surface area contributed by atoms with Crippen molar-refractivity contribution < 1.29 is 9.53 Å². The molecule has 0 aliphatic heterocycles. The van der Waals surface area contributed by atoms with Gasteiger partial charge in [-0.15, -0.1) is 11.6 Å². The quantitative estimate of drug-likeness (QED) is 0.787. The van der Waals surface area contributed by atoms with Gasteiger partial charge in [0, 0.05) is 5.69 Å². The van der Waals surface area contributed by atoms with Crippen LogP contribution in [0.25, 0.3) is 0 Å². The summed E-state index contributed by atoms with van der Waals surface area (Å²) >= 11 is 5.76. The Hall–Kier alpha value is -2.00. The summed E-state index contributed by atoms with van der Waals surface area (Å²) in [5.41, 5.74) is 2.92. The van der Waals surface area contributed by atoms with Crippen molar-refractivity contribution in [3.8, 4) is 5.75 Å². The normalized spacial score (nSPS) is 10.2. The van der Waals surface area contributed by atoms with E-state index in [2.05, 4.69) is 0 Å². The first-order valence-electron chi connectivity index (χ1n) is 6.70. The molecule has 0 fully saturated rings. The third kappa shape index (κ3) is 3.76. The van der Waals surface area contributed by atoms with E-state index in [-0.39, 0.29) is 11.8 Å². The fraction of sp³-hybridized carbons (Fsp3) is 0.235. The number of rotatable bonds is 5. The number of carbonyl (C=O) groups excluding carboxylic acids is 1. The molecule has 0 heterocycles. The van der Waals surface area contributed by atoms with E-state index in [1.165, 1.54) is 0 Å². The predicted octanol–water partition coefficient (Wildman–Crippen LogP) is 3.78. The number of amides is 1. The molecule has 110 valence electrons.